The number of aromatic nitrogens is 1. The fraction of sp³-hybridized carbons (Fsp3) is 0.312. The summed E-state index contributed by atoms with van der Waals surface area (Å²) in [5.41, 5.74) is 1.13. The third-order valence-corrected chi connectivity index (χ3v) is 2.97. The van der Waals surface area contributed by atoms with Gasteiger partial charge in [-0.25, -0.2) is 0 Å². The molecular weight excluding hydrogens is 272 g/mol. The largest absolute Gasteiger partial charge is 0.455 e. The Morgan fingerprint density at radius 3 is 2.50 bits per heavy atom. The molecular formula is C16H19ClN2O. The first-order valence-electron chi connectivity index (χ1n) is 6.55. The van der Waals surface area contributed by atoms with Crippen molar-refractivity contribution in [2.75, 3.05) is 0 Å². The lowest BCUT2D eigenvalue weighted by Crippen LogP contribution is -2.35. The van der Waals surface area contributed by atoms with Crippen LogP contribution in [0.4, 0.5) is 0 Å². The number of halogens is 1. The Labute approximate surface area is 124 Å². The van der Waals surface area contributed by atoms with Crippen molar-refractivity contribution in [1.82, 2.24) is 10.3 Å². The highest BCUT2D eigenvalue weighted by molar-refractivity contribution is 6.30. The summed E-state index contributed by atoms with van der Waals surface area (Å²) in [4.78, 5) is 4.12. The summed E-state index contributed by atoms with van der Waals surface area (Å²) in [5, 5.41) is 4.14. The van der Waals surface area contributed by atoms with Gasteiger partial charge in [-0.15, -0.1) is 0 Å². The molecule has 4 heteroatoms. The number of benzene rings is 1. The molecule has 0 saturated carbocycles. The average molecular weight is 291 g/mol. The minimum Gasteiger partial charge on any atom is -0.455 e. The number of pyridine rings is 1. The van der Waals surface area contributed by atoms with Crippen LogP contribution in [0.25, 0.3) is 0 Å². The molecule has 2 aromatic rings. The molecule has 0 aliphatic carbocycles. The Kier molecular flexibility index (Phi) is 4.63. The third kappa shape index (κ3) is 4.51. The van der Waals surface area contributed by atoms with Gasteiger partial charge in [0.15, 0.2) is 0 Å². The minimum atomic E-state index is 0.0564. The molecule has 0 saturated heterocycles. The van der Waals surface area contributed by atoms with E-state index in [0.29, 0.717) is 5.02 Å². The molecule has 0 spiro atoms. The zero-order valence-corrected chi connectivity index (χ0v) is 12.7. The van der Waals surface area contributed by atoms with Gasteiger partial charge in [0.1, 0.15) is 11.5 Å². The van der Waals surface area contributed by atoms with Crippen molar-refractivity contribution in [3.63, 3.8) is 0 Å². The van der Waals surface area contributed by atoms with Gasteiger partial charge in [0.2, 0.25) is 0 Å². The van der Waals surface area contributed by atoms with Crippen molar-refractivity contribution in [2.24, 2.45) is 0 Å². The van der Waals surface area contributed by atoms with Gasteiger partial charge in [0.25, 0.3) is 0 Å². The van der Waals surface area contributed by atoms with Crippen LogP contribution < -0.4 is 10.1 Å². The van der Waals surface area contributed by atoms with Gasteiger partial charge >= 0.3 is 0 Å². The number of rotatable bonds is 4. The zero-order chi connectivity index (χ0) is 14.6. The third-order valence-electron chi connectivity index (χ3n) is 2.72. The van der Waals surface area contributed by atoms with Crippen LogP contribution in [0.2, 0.25) is 5.02 Å². The Balaban J connectivity index is 2.13. The predicted molar refractivity (Wildman–Crippen MR) is 82.4 cm³/mol. The van der Waals surface area contributed by atoms with Gasteiger partial charge in [-0.1, -0.05) is 11.6 Å². The molecule has 1 N–H and O–H groups in total. The highest BCUT2D eigenvalue weighted by atomic mass is 35.5. The number of ether oxygens (including phenoxy) is 1. The van der Waals surface area contributed by atoms with Gasteiger partial charge in [0.05, 0.1) is 6.20 Å². The SMILES string of the molecule is CC(C)(C)NCc1ccncc1Oc1ccc(Cl)cc1. The molecule has 0 aliphatic rings. The first kappa shape index (κ1) is 14.8. The van der Waals surface area contributed by atoms with E-state index in [4.69, 9.17) is 16.3 Å². The lowest BCUT2D eigenvalue weighted by atomic mass is 10.1. The number of hydrogen-bond acceptors (Lipinski definition) is 3. The molecule has 1 heterocycles. The average Bonchev–Trinajstić information content (AvgIpc) is 2.39. The Morgan fingerprint density at radius 1 is 1.15 bits per heavy atom. The van der Waals surface area contributed by atoms with Crippen LogP contribution in [-0.2, 0) is 6.54 Å². The molecule has 106 valence electrons. The maximum atomic E-state index is 5.87. The van der Waals surface area contributed by atoms with Crippen LogP contribution in [-0.4, -0.2) is 10.5 Å². The molecule has 0 radical (unpaired) electrons. The lowest BCUT2D eigenvalue weighted by Gasteiger charge is -2.21. The minimum absolute atomic E-state index is 0.0564. The van der Waals surface area contributed by atoms with Gasteiger partial charge in [-0.2, -0.15) is 0 Å². The summed E-state index contributed by atoms with van der Waals surface area (Å²) < 4.78 is 5.87. The second kappa shape index (κ2) is 6.25. The van der Waals surface area contributed by atoms with Crippen molar-refractivity contribution in [2.45, 2.75) is 32.9 Å². The molecule has 0 fully saturated rings. The monoisotopic (exact) mass is 290 g/mol. The molecule has 3 nitrogen and oxygen atoms in total. The second-order valence-corrected chi connectivity index (χ2v) is 6.08. The summed E-state index contributed by atoms with van der Waals surface area (Å²) in [6.45, 7) is 7.13. The summed E-state index contributed by atoms with van der Waals surface area (Å²) >= 11 is 5.87. The quantitative estimate of drug-likeness (QED) is 0.905. The van der Waals surface area contributed by atoms with Crippen LogP contribution in [0.1, 0.15) is 26.3 Å². The van der Waals surface area contributed by atoms with Crippen molar-refractivity contribution >= 4 is 11.6 Å². The van der Waals surface area contributed by atoms with Crippen LogP contribution in [0.5, 0.6) is 11.5 Å². The molecule has 0 aliphatic heterocycles. The summed E-state index contributed by atoms with van der Waals surface area (Å²) in [6.07, 6.45) is 3.50. The van der Waals surface area contributed by atoms with E-state index in [1.54, 1.807) is 24.5 Å². The van der Waals surface area contributed by atoms with Gasteiger partial charge in [0, 0.05) is 28.9 Å². The van der Waals surface area contributed by atoms with E-state index >= 15 is 0 Å². The van der Waals surface area contributed by atoms with Crippen molar-refractivity contribution in [1.29, 1.82) is 0 Å². The molecule has 20 heavy (non-hydrogen) atoms. The molecule has 1 aromatic carbocycles. The lowest BCUT2D eigenvalue weighted by molar-refractivity contribution is 0.413. The Hall–Kier alpha value is -1.58. The van der Waals surface area contributed by atoms with E-state index in [1.165, 1.54) is 0 Å². The first-order valence-corrected chi connectivity index (χ1v) is 6.93. The van der Waals surface area contributed by atoms with Crippen LogP contribution in [0.15, 0.2) is 42.7 Å². The molecule has 0 bridgehead atoms. The van der Waals surface area contributed by atoms with Gasteiger partial charge in [-0.05, 0) is 51.1 Å². The second-order valence-electron chi connectivity index (χ2n) is 5.64. The van der Waals surface area contributed by atoms with Crippen LogP contribution in [0.3, 0.4) is 0 Å². The van der Waals surface area contributed by atoms with E-state index in [9.17, 15) is 0 Å². The molecule has 1 aromatic heterocycles. The maximum Gasteiger partial charge on any atom is 0.150 e. The van der Waals surface area contributed by atoms with Crippen LogP contribution in [0, 0.1) is 0 Å². The summed E-state index contributed by atoms with van der Waals surface area (Å²) in [7, 11) is 0. The summed E-state index contributed by atoms with van der Waals surface area (Å²) in [6, 6.07) is 9.26. The normalized spacial score (nSPS) is 11.4. The van der Waals surface area contributed by atoms with E-state index in [0.717, 1.165) is 23.6 Å². The smallest absolute Gasteiger partial charge is 0.150 e. The number of hydrogen-bond donors (Lipinski definition) is 1. The fourth-order valence-corrected chi connectivity index (χ4v) is 1.76. The molecule has 0 unspecified atom stereocenters. The van der Waals surface area contributed by atoms with Crippen molar-refractivity contribution in [3.05, 3.63) is 53.3 Å². The first-order chi connectivity index (χ1) is 9.44. The van der Waals surface area contributed by atoms with Crippen molar-refractivity contribution in [3.8, 4) is 11.5 Å². The molecule has 0 atom stereocenters. The van der Waals surface area contributed by atoms with Crippen molar-refractivity contribution < 1.29 is 4.74 Å². The van der Waals surface area contributed by atoms with Crippen LogP contribution >= 0.6 is 11.6 Å². The maximum absolute atomic E-state index is 5.87. The predicted octanol–water partition coefficient (Wildman–Crippen LogP) is 4.42. The topological polar surface area (TPSA) is 34.2 Å². The van der Waals surface area contributed by atoms with E-state index in [1.807, 2.05) is 18.2 Å². The highest BCUT2D eigenvalue weighted by Crippen LogP contribution is 2.25. The zero-order valence-electron chi connectivity index (χ0n) is 12.0. The number of nitrogens with zero attached hydrogens (tertiary/aromatic N) is 1. The number of nitrogens with one attached hydrogen (secondary N) is 1. The Bertz CT molecular complexity index is 561. The molecule has 0 amide bonds. The van der Waals surface area contributed by atoms with Gasteiger partial charge < -0.3 is 10.1 Å². The van der Waals surface area contributed by atoms with E-state index in [-0.39, 0.29) is 5.54 Å². The highest BCUT2D eigenvalue weighted by Gasteiger charge is 2.11. The standard InChI is InChI=1S/C16H19ClN2O/c1-16(2,3)19-10-12-8-9-18-11-15(12)20-14-6-4-13(17)5-7-14/h4-9,11,19H,10H2,1-3H3. The van der Waals surface area contributed by atoms with E-state index < -0.39 is 0 Å². The van der Waals surface area contributed by atoms with E-state index in [2.05, 4.69) is 31.1 Å². The molecule has 2 rings (SSSR count). The fourth-order valence-electron chi connectivity index (χ4n) is 1.64. The summed E-state index contributed by atoms with van der Waals surface area (Å²) in [5.74, 6) is 1.51. The van der Waals surface area contributed by atoms with Gasteiger partial charge in [-0.3, -0.25) is 4.98 Å². The Morgan fingerprint density at radius 2 is 1.85 bits per heavy atom.